The zero-order chi connectivity index (χ0) is 13.9. The highest BCUT2D eigenvalue weighted by atomic mass is 35.5. The molecular weight excluding hydrogens is 315 g/mol. The molecule has 0 aliphatic heterocycles. The number of H-pyrrole nitrogens is 1. The van der Waals surface area contributed by atoms with Gasteiger partial charge >= 0.3 is 0 Å². The van der Waals surface area contributed by atoms with Gasteiger partial charge in [-0.15, -0.1) is 0 Å². The van der Waals surface area contributed by atoms with E-state index in [-0.39, 0.29) is 0 Å². The molecule has 0 aliphatic rings. The first-order valence-corrected chi connectivity index (χ1v) is 7.12. The summed E-state index contributed by atoms with van der Waals surface area (Å²) in [5.41, 5.74) is 3.35. The second-order valence-electron chi connectivity index (χ2n) is 4.63. The van der Waals surface area contributed by atoms with Crippen molar-refractivity contribution in [2.75, 3.05) is 0 Å². The van der Waals surface area contributed by atoms with Crippen LogP contribution in [0.1, 0.15) is 0 Å². The van der Waals surface area contributed by atoms with Crippen LogP contribution in [0.25, 0.3) is 32.8 Å². The van der Waals surface area contributed by atoms with Crippen LogP contribution in [0.2, 0.25) is 15.1 Å². The molecule has 2 nitrogen and oxygen atoms in total. The van der Waals surface area contributed by atoms with Crippen LogP contribution in [-0.2, 0) is 0 Å². The highest BCUT2D eigenvalue weighted by molar-refractivity contribution is 6.41. The zero-order valence-electron chi connectivity index (χ0n) is 10.0. The monoisotopic (exact) mass is 320 g/mol. The lowest BCUT2D eigenvalue weighted by Crippen LogP contribution is -1.83. The second kappa shape index (κ2) is 4.26. The molecule has 4 rings (SSSR count). The number of nitrogens with one attached hydrogen (secondary N) is 1. The number of aromatic nitrogens is 2. The van der Waals surface area contributed by atoms with Crippen LogP contribution in [0.15, 0.2) is 36.4 Å². The Morgan fingerprint density at radius 3 is 2.35 bits per heavy atom. The van der Waals surface area contributed by atoms with Gasteiger partial charge in [0.05, 0.1) is 21.6 Å². The van der Waals surface area contributed by atoms with Gasteiger partial charge in [-0.25, -0.2) is 4.98 Å². The highest BCUT2D eigenvalue weighted by Gasteiger charge is 2.13. The first kappa shape index (κ1) is 12.3. The summed E-state index contributed by atoms with van der Waals surface area (Å²) < 4.78 is 0. The van der Waals surface area contributed by atoms with Gasteiger partial charge in [0.15, 0.2) is 0 Å². The van der Waals surface area contributed by atoms with E-state index < -0.39 is 0 Å². The number of halogens is 3. The van der Waals surface area contributed by atoms with Crippen molar-refractivity contribution >= 4 is 67.6 Å². The first-order valence-electron chi connectivity index (χ1n) is 5.99. The molecule has 2 heterocycles. The lowest BCUT2D eigenvalue weighted by atomic mass is 10.2. The Labute approximate surface area is 129 Å². The van der Waals surface area contributed by atoms with Crippen LogP contribution < -0.4 is 0 Å². The summed E-state index contributed by atoms with van der Waals surface area (Å²) in [6, 6.07) is 11.2. The van der Waals surface area contributed by atoms with Gasteiger partial charge in [-0.3, -0.25) is 0 Å². The van der Waals surface area contributed by atoms with Gasteiger partial charge in [0.25, 0.3) is 0 Å². The number of rotatable bonds is 0. The van der Waals surface area contributed by atoms with E-state index in [9.17, 15) is 0 Å². The Morgan fingerprint density at radius 1 is 0.850 bits per heavy atom. The van der Waals surface area contributed by atoms with E-state index in [1.165, 1.54) is 0 Å². The Morgan fingerprint density at radius 2 is 1.55 bits per heavy atom. The van der Waals surface area contributed by atoms with Crippen molar-refractivity contribution in [3.05, 3.63) is 51.5 Å². The average molecular weight is 322 g/mol. The molecule has 0 unspecified atom stereocenters. The maximum atomic E-state index is 6.49. The fourth-order valence-electron chi connectivity index (χ4n) is 2.47. The van der Waals surface area contributed by atoms with Crippen molar-refractivity contribution < 1.29 is 0 Å². The van der Waals surface area contributed by atoms with Crippen LogP contribution in [0.4, 0.5) is 0 Å². The van der Waals surface area contributed by atoms with E-state index in [1.54, 1.807) is 0 Å². The SMILES string of the molecule is Clc1ccc2c(Cl)c3[nH]c4cc(Cl)ccc4c3nc2c1. The minimum Gasteiger partial charge on any atom is -0.352 e. The fraction of sp³-hybridized carbons (Fsp3) is 0. The summed E-state index contributed by atoms with van der Waals surface area (Å²) in [4.78, 5) is 7.96. The predicted octanol–water partition coefficient (Wildman–Crippen LogP) is 5.83. The lowest BCUT2D eigenvalue weighted by molar-refractivity contribution is 1.49. The summed E-state index contributed by atoms with van der Waals surface area (Å²) in [6.45, 7) is 0. The van der Waals surface area contributed by atoms with E-state index >= 15 is 0 Å². The first-order chi connectivity index (χ1) is 9.63. The largest absolute Gasteiger partial charge is 0.352 e. The molecule has 0 amide bonds. The van der Waals surface area contributed by atoms with Gasteiger partial charge in [-0.05, 0) is 36.4 Å². The van der Waals surface area contributed by atoms with Crippen LogP contribution in [0.3, 0.4) is 0 Å². The molecule has 0 bridgehead atoms. The van der Waals surface area contributed by atoms with E-state index in [0.717, 1.165) is 32.8 Å². The minimum absolute atomic E-state index is 0.642. The van der Waals surface area contributed by atoms with Crippen molar-refractivity contribution in [2.24, 2.45) is 0 Å². The molecule has 5 heteroatoms. The number of benzene rings is 2. The standard InChI is InChI=1S/C15H7Cl3N2/c16-7-1-3-9-11(5-7)19-14-10-4-2-8(17)6-12(10)20-15(14)13(9)18/h1-6,20H. The van der Waals surface area contributed by atoms with Crippen molar-refractivity contribution in [1.82, 2.24) is 9.97 Å². The van der Waals surface area contributed by atoms with E-state index in [2.05, 4.69) is 9.97 Å². The average Bonchev–Trinajstić information content (AvgIpc) is 2.76. The molecule has 0 atom stereocenters. The van der Waals surface area contributed by atoms with Gasteiger partial charge in [0.1, 0.15) is 0 Å². The molecule has 0 fully saturated rings. The topological polar surface area (TPSA) is 28.7 Å². The lowest BCUT2D eigenvalue weighted by Gasteiger charge is -2.02. The molecular formula is C15H7Cl3N2. The third-order valence-corrected chi connectivity index (χ3v) is 4.24. The summed E-state index contributed by atoms with van der Waals surface area (Å²) in [7, 11) is 0. The molecule has 2 aromatic heterocycles. The van der Waals surface area contributed by atoms with Gasteiger partial charge in [0, 0.05) is 26.3 Å². The van der Waals surface area contributed by atoms with E-state index in [4.69, 9.17) is 34.8 Å². The van der Waals surface area contributed by atoms with Crippen LogP contribution in [0, 0.1) is 0 Å². The number of pyridine rings is 1. The Bertz CT molecular complexity index is 989. The van der Waals surface area contributed by atoms with Crippen LogP contribution in [0.5, 0.6) is 0 Å². The predicted molar refractivity (Wildman–Crippen MR) is 86.1 cm³/mol. The Balaban J connectivity index is 2.26. The van der Waals surface area contributed by atoms with Gasteiger partial charge in [-0.2, -0.15) is 0 Å². The van der Waals surface area contributed by atoms with Gasteiger partial charge in [-0.1, -0.05) is 34.8 Å². The maximum Gasteiger partial charge on any atom is 0.0980 e. The molecule has 1 N–H and O–H groups in total. The number of hydrogen-bond acceptors (Lipinski definition) is 1. The number of fused-ring (bicyclic) bond motifs is 4. The van der Waals surface area contributed by atoms with Crippen molar-refractivity contribution in [1.29, 1.82) is 0 Å². The summed E-state index contributed by atoms with van der Waals surface area (Å²) >= 11 is 18.5. The van der Waals surface area contributed by atoms with E-state index in [1.807, 2.05) is 36.4 Å². The fourth-order valence-corrected chi connectivity index (χ4v) is 3.10. The molecule has 20 heavy (non-hydrogen) atoms. The summed E-state index contributed by atoms with van der Waals surface area (Å²) in [5, 5.41) is 3.83. The zero-order valence-corrected chi connectivity index (χ0v) is 12.3. The van der Waals surface area contributed by atoms with Crippen molar-refractivity contribution in [3.8, 4) is 0 Å². The van der Waals surface area contributed by atoms with Crippen molar-refractivity contribution in [2.45, 2.75) is 0 Å². The minimum atomic E-state index is 0.642. The van der Waals surface area contributed by atoms with Crippen molar-refractivity contribution in [3.63, 3.8) is 0 Å². The highest BCUT2D eigenvalue weighted by Crippen LogP contribution is 2.35. The van der Waals surface area contributed by atoms with Gasteiger partial charge in [0.2, 0.25) is 0 Å². The van der Waals surface area contributed by atoms with E-state index in [0.29, 0.717) is 15.1 Å². The molecule has 0 saturated heterocycles. The van der Waals surface area contributed by atoms with Gasteiger partial charge < -0.3 is 4.98 Å². The van der Waals surface area contributed by atoms with Crippen LogP contribution >= 0.6 is 34.8 Å². The molecule has 0 radical (unpaired) electrons. The van der Waals surface area contributed by atoms with Crippen LogP contribution in [-0.4, -0.2) is 9.97 Å². The quantitative estimate of drug-likeness (QED) is 0.434. The second-order valence-corrected chi connectivity index (χ2v) is 5.88. The third-order valence-electron chi connectivity index (χ3n) is 3.38. The third kappa shape index (κ3) is 1.69. The molecule has 0 aliphatic carbocycles. The molecule has 0 spiro atoms. The maximum absolute atomic E-state index is 6.49. The number of nitrogens with zero attached hydrogens (tertiary/aromatic N) is 1. The number of aromatic amines is 1. The molecule has 2 aromatic carbocycles. The summed E-state index contributed by atoms with van der Waals surface area (Å²) in [6.07, 6.45) is 0. The summed E-state index contributed by atoms with van der Waals surface area (Å²) in [5.74, 6) is 0. The molecule has 4 aromatic rings. The number of hydrogen-bond donors (Lipinski definition) is 1. The Hall–Kier alpha value is -1.48. The molecule has 0 saturated carbocycles. The smallest absolute Gasteiger partial charge is 0.0980 e. The normalized spacial score (nSPS) is 11.8. The Kier molecular flexibility index (Phi) is 2.61. The molecule has 98 valence electrons.